The lowest BCUT2D eigenvalue weighted by Gasteiger charge is -2.16. The molecule has 0 radical (unpaired) electrons. The second-order valence-corrected chi connectivity index (χ2v) is 5.49. The molecule has 0 amide bonds. The van der Waals surface area contributed by atoms with E-state index in [1.165, 1.54) is 5.56 Å². The van der Waals surface area contributed by atoms with Gasteiger partial charge in [0, 0.05) is 23.3 Å². The van der Waals surface area contributed by atoms with Gasteiger partial charge in [-0.05, 0) is 54.2 Å². The SMILES string of the molecule is CC(C)(O)CCc1c[nH]c2cc(Br)ncc12. The minimum absolute atomic E-state index is 0.619. The van der Waals surface area contributed by atoms with Gasteiger partial charge in [0.1, 0.15) is 4.60 Å². The number of fused-ring (bicyclic) bond motifs is 1. The number of aromatic nitrogens is 2. The molecular formula is C12H15BrN2O. The summed E-state index contributed by atoms with van der Waals surface area (Å²) in [5, 5.41) is 10.8. The molecule has 0 aliphatic rings. The Balaban J connectivity index is 2.25. The minimum Gasteiger partial charge on any atom is -0.390 e. The molecular weight excluding hydrogens is 268 g/mol. The number of nitrogens with zero attached hydrogens (tertiary/aromatic N) is 1. The lowest BCUT2D eigenvalue weighted by Crippen LogP contribution is -2.19. The molecule has 2 rings (SSSR count). The molecule has 0 aliphatic carbocycles. The Labute approximate surface area is 103 Å². The van der Waals surface area contributed by atoms with Gasteiger partial charge in [-0.15, -0.1) is 0 Å². The molecule has 0 bridgehead atoms. The first-order chi connectivity index (χ1) is 7.46. The minimum atomic E-state index is -0.619. The van der Waals surface area contributed by atoms with Gasteiger partial charge in [-0.3, -0.25) is 0 Å². The summed E-state index contributed by atoms with van der Waals surface area (Å²) in [7, 11) is 0. The number of rotatable bonds is 3. The first-order valence-electron chi connectivity index (χ1n) is 5.29. The summed E-state index contributed by atoms with van der Waals surface area (Å²) < 4.78 is 0.830. The van der Waals surface area contributed by atoms with Crippen molar-refractivity contribution in [1.29, 1.82) is 0 Å². The summed E-state index contributed by atoms with van der Waals surface area (Å²) in [6.07, 6.45) is 5.45. The van der Waals surface area contributed by atoms with Crippen molar-refractivity contribution in [3.8, 4) is 0 Å². The fraction of sp³-hybridized carbons (Fsp3) is 0.417. The molecule has 86 valence electrons. The van der Waals surface area contributed by atoms with E-state index in [-0.39, 0.29) is 0 Å². The monoisotopic (exact) mass is 282 g/mol. The highest BCUT2D eigenvalue weighted by Gasteiger charge is 2.14. The van der Waals surface area contributed by atoms with Crippen molar-refractivity contribution >= 4 is 26.8 Å². The number of aryl methyl sites for hydroxylation is 1. The topological polar surface area (TPSA) is 48.9 Å². The third-order valence-electron chi connectivity index (χ3n) is 2.62. The molecule has 2 aromatic rings. The molecule has 0 unspecified atom stereocenters. The van der Waals surface area contributed by atoms with Gasteiger partial charge < -0.3 is 10.1 Å². The highest BCUT2D eigenvalue weighted by atomic mass is 79.9. The quantitative estimate of drug-likeness (QED) is 0.851. The van der Waals surface area contributed by atoms with Gasteiger partial charge in [0.15, 0.2) is 0 Å². The molecule has 0 spiro atoms. The highest BCUT2D eigenvalue weighted by Crippen LogP contribution is 2.23. The number of halogens is 1. The van der Waals surface area contributed by atoms with Crippen molar-refractivity contribution in [3.63, 3.8) is 0 Å². The van der Waals surface area contributed by atoms with Crippen LogP contribution >= 0.6 is 15.9 Å². The zero-order valence-electron chi connectivity index (χ0n) is 9.42. The average molecular weight is 283 g/mol. The lowest BCUT2D eigenvalue weighted by molar-refractivity contribution is 0.0715. The van der Waals surface area contributed by atoms with Crippen LogP contribution in [0.1, 0.15) is 25.8 Å². The fourth-order valence-corrected chi connectivity index (χ4v) is 2.03. The maximum atomic E-state index is 9.70. The maximum Gasteiger partial charge on any atom is 0.108 e. The lowest BCUT2D eigenvalue weighted by atomic mass is 9.99. The van der Waals surface area contributed by atoms with Gasteiger partial charge in [0.25, 0.3) is 0 Å². The van der Waals surface area contributed by atoms with Crippen molar-refractivity contribution in [1.82, 2.24) is 9.97 Å². The Kier molecular flexibility index (Phi) is 3.04. The van der Waals surface area contributed by atoms with E-state index >= 15 is 0 Å². The standard InChI is InChI=1S/C12H15BrN2O/c1-12(2,16)4-3-8-6-14-10-5-11(13)15-7-9(8)10/h5-7,14,16H,3-4H2,1-2H3. The van der Waals surface area contributed by atoms with E-state index in [1.54, 1.807) is 0 Å². The summed E-state index contributed by atoms with van der Waals surface area (Å²) in [4.78, 5) is 7.43. The van der Waals surface area contributed by atoms with E-state index in [4.69, 9.17) is 0 Å². The zero-order valence-corrected chi connectivity index (χ0v) is 11.0. The summed E-state index contributed by atoms with van der Waals surface area (Å²) in [5.41, 5.74) is 1.66. The van der Waals surface area contributed by atoms with Crippen molar-refractivity contribution in [3.05, 3.63) is 28.6 Å². The molecule has 0 aromatic carbocycles. The number of H-pyrrole nitrogens is 1. The smallest absolute Gasteiger partial charge is 0.108 e. The predicted molar refractivity (Wildman–Crippen MR) is 68.4 cm³/mol. The van der Waals surface area contributed by atoms with Crippen molar-refractivity contribution < 1.29 is 5.11 Å². The highest BCUT2D eigenvalue weighted by molar-refractivity contribution is 9.10. The van der Waals surface area contributed by atoms with Crippen molar-refractivity contribution in [2.24, 2.45) is 0 Å². The molecule has 2 heterocycles. The fourth-order valence-electron chi connectivity index (χ4n) is 1.70. The molecule has 4 heteroatoms. The summed E-state index contributed by atoms with van der Waals surface area (Å²) in [6, 6.07) is 1.96. The predicted octanol–water partition coefficient (Wildman–Crippen LogP) is 3.03. The number of aromatic amines is 1. The van der Waals surface area contributed by atoms with Crippen LogP contribution < -0.4 is 0 Å². The van der Waals surface area contributed by atoms with Crippen molar-refractivity contribution in [2.75, 3.05) is 0 Å². The maximum absolute atomic E-state index is 9.70. The van der Waals surface area contributed by atoms with Crippen LogP contribution in [-0.4, -0.2) is 20.7 Å². The van der Waals surface area contributed by atoms with Gasteiger partial charge in [-0.1, -0.05) is 0 Å². The molecule has 0 atom stereocenters. The number of aliphatic hydroxyl groups is 1. The van der Waals surface area contributed by atoms with Crippen molar-refractivity contribution in [2.45, 2.75) is 32.3 Å². The van der Waals surface area contributed by atoms with Crippen LogP contribution in [0.4, 0.5) is 0 Å². The van der Waals surface area contributed by atoms with Gasteiger partial charge in [0.05, 0.1) is 5.60 Å². The van der Waals surface area contributed by atoms with Crippen LogP contribution in [0.2, 0.25) is 0 Å². The largest absolute Gasteiger partial charge is 0.390 e. The molecule has 0 fully saturated rings. The molecule has 0 saturated heterocycles. The molecule has 0 saturated carbocycles. The molecule has 3 nitrogen and oxygen atoms in total. The van der Waals surface area contributed by atoms with Crippen LogP contribution in [0, 0.1) is 0 Å². The van der Waals surface area contributed by atoms with Gasteiger partial charge in [0.2, 0.25) is 0 Å². The normalized spacial score (nSPS) is 12.2. The first kappa shape index (κ1) is 11.6. The number of hydrogen-bond acceptors (Lipinski definition) is 2. The van der Waals surface area contributed by atoms with Gasteiger partial charge >= 0.3 is 0 Å². The third kappa shape index (κ3) is 2.62. The van der Waals surface area contributed by atoms with E-state index in [9.17, 15) is 5.11 Å². The molecule has 0 aliphatic heterocycles. The Bertz CT molecular complexity index is 499. The van der Waals surface area contributed by atoms with Crippen LogP contribution in [0.5, 0.6) is 0 Å². The number of hydrogen-bond donors (Lipinski definition) is 2. The Morgan fingerprint density at radius 1 is 1.50 bits per heavy atom. The van der Waals surface area contributed by atoms with E-state index in [1.807, 2.05) is 32.3 Å². The van der Waals surface area contributed by atoms with Gasteiger partial charge in [-0.25, -0.2) is 4.98 Å². The summed E-state index contributed by atoms with van der Waals surface area (Å²) in [6.45, 7) is 3.66. The van der Waals surface area contributed by atoms with Crippen LogP contribution in [0.3, 0.4) is 0 Å². The third-order valence-corrected chi connectivity index (χ3v) is 3.06. The van der Waals surface area contributed by atoms with E-state index in [0.29, 0.717) is 0 Å². The van der Waals surface area contributed by atoms with E-state index in [0.717, 1.165) is 28.3 Å². The van der Waals surface area contributed by atoms with Crippen LogP contribution in [-0.2, 0) is 6.42 Å². The number of pyridine rings is 1. The second kappa shape index (κ2) is 4.18. The van der Waals surface area contributed by atoms with Gasteiger partial charge in [-0.2, -0.15) is 0 Å². The van der Waals surface area contributed by atoms with E-state index in [2.05, 4.69) is 25.9 Å². The summed E-state index contributed by atoms with van der Waals surface area (Å²) in [5.74, 6) is 0. The Hall–Kier alpha value is -0.870. The Morgan fingerprint density at radius 2 is 2.25 bits per heavy atom. The molecule has 16 heavy (non-hydrogen) atoms. The van der Waals surface area contributed by atoms with Crippen LogP contribution in [0.25, 0.3) is 10.9 Å². The average Bonchev–Trinajstić information content (AvgIpc) is 2.56. The molecule has 2 N–H and O–H groups in total. The van der Waals surface area contributed by atoms with E-state index < -0.39 is 5.60 Å². The first-order valence-corrected chi connectivity index (χ1v) is 6.09. The molecule has 2 aromatic heterocycles. The van der Waals surface area contributed by atoms with Crippen LogP contribution in [0.15, 0.2) is 23.1 Å². The number of nitrogens with one attached hydrogen (secondary N) is 1. The summed E-state index contributed by atoms with van der Waals surface area (Å²) >= 11 is 3.34. The Morgan fingerprint density at radius 3 is 2.94 bits per heavy atom. The second-order valence-electron chi connectivity index (χ2n) is 4.68. The zero-order chi connectivity index (χ0) is 11.8.